The van der Waals surface area contributed by atoms with E-state index in [1.54, 1.807) is 0 Å². The lowest BCUT2D eigenvalue weighted by atomic mass is 10.0. The number of aliphatic hydroxyl groups is 1. The van der Waals surface area contributed by atoms with Gasteiger partial charge in [-0.25, -0.2) is 16.8 Å². The van der Waals surface area contributed by atoms with Gasteiger partial charge in [-0.15, -0.1) is 26.3 Å². The van der Waals surface area contributed by atoms with Crippen molar-refractivity contribution in [2.45, 2.75) is 41.1 Å². The Morgan fingerprint density at radius 3 is 1.53 bits per heavy atom. The maximum absolute atomic E-state index is 12.8. The molecule has 2 N–H and O–H groups in total. The second kappa shape index (κ2) is 9.70. The minimum absolute atomic E-state index is 0.343. The van der Waals surface area contributed by atoms with Crippen molar-refractivity contribution in [1.82, 2.24) is 9.03 Å². The second-order valence-corrected chi connectivity index (χ2v) is 11.2. The van der Waals surface area contributed by atoms with Gasteiger partial charge in [0.15, 0.2) is 0 Å². The van der Waals surface area contributed by atoms with Gasteiger partial charge in [0, 0.05) is 25.9 Å². The van der Waals surface area contributed by atoms with Crippen molar-refractivity contribution in [3.8, 4) is 11.5 Å². The fraction of sp³-hybridized carbons (Fsp3) is 0.368. The van der Waals surface area contributed by atoms with Crippen molar-refractivity contribution in [1.29, 1.82) is 0 Å². The smallest absolute Gasteiger partial charge is 0.406 e. The summed E-state index contributed by atoms with van der Waals surface area (Å²) in [5.74, 6) is -1.28. The third-order valence-electron chi connectivity index (χ3n) is 4.94. The number of benzene rings is 2. The van der Waals surface area contributed by atoms with E-state index in [0.29, 0.717) is 0 Å². The van der Waals surface area contributed by atoms with Crippen LogP contribution in [0.2, 0.25) is 0 Å². The van der Waals surface area contributed by atoms with Crippen LogP contribution in [-0.4, -0.2) is 57.8 Å². The molecule has 0 amide bonds. The number of nitrogens with one attached hydrogen (secondary N) is 1. The highest BCUT2D eigenvalue weighted by Crippen LogP contribution is 2.30. The first kappa shape index (κ1) is 28.0. The van der Waals surface area contributed by atoms with Gasteiger partial charge < -0.3 is 14.6 Å². The number of hydrogen-bond donors (Lipinski definition) is 2. The second-order valence-electron chi connectivity index (χ2n) is 7.58. The monoisotopic (exact) mass is 564 g/mol. The lowest BCUT2D eigenvalue weighted by Crippen LogP contribution is -2.55. The van der Waals surface area contributed by atoms with Gasteiger partial charge in [-0.2, -0.15) is 9.03 Å². The van der Waals surface area contributed by atoms with E-state index in [4.69, 9.17) is 0 Å². The SMILES string of the molecule is O=S(=O)(NC1(O)CCN(S(=O)(=O)c2ccc(OC(F)(F)F)cc2)CC1)c1ccc(OC(F)(F)F)cc1. The van der Waals surface area contributed by atoms with E-state index < -0.39 is 67.7 Å². The molecule has 1 fully saturated rings. The van der Waals surface area contributed by atoms with Crippen LogP contribution in [-0.2, 0) is 20.0 Å². The summed E-state index contributed by atoms with van der Waals surface area (Å²) < 4.78 is 135. The van der Waals surface area contributed by atoms with Crippen molar-refractivity contribution in [3.05, 3.63) is 48.5 Å². The lowest BCUT2D eigenvalue weighted by molar-refractivity contribution is -0.275. The van der Waals surface area contributed by atoms with E-state index in [9.17, 15) is 48.3 Å². The maximum atomic E-state index is 12.8. The van der Waals surface area contributed by atoms with Crippen LogP contribution in [0.15, 0.2) is 58.3 Å². The third kappa shape index (κ3) is 7.22. The quantitative estimate of drug-likeness (QED) is 0.392. The first-order chi connectivity index (χ1) is 16.4. The van der Waals surface area contributed by atoms with Gasteiger partial charge in [0.05, 0.1) is 9.79 Å². The topological polar surface area (TPSA) is 122 Å². The number of halogens is 6. The molecule has 0 unspecified atom stereocenters. The molecule has 0 atom stereocenters. The standard InChI is InChI=1S/C19H18F6N2O7S2/c20-18(21,22)33-13-1-5-15(6-2-13)35(29,30)26-17(28)9-11-27(12-10-17)36(31,32)16-7-3-14(4-8-16)34-19(23,24)25/h1-8,26,28H,9-12H2. The van der Waals surface area contributed by atoms with Gasteiger partial charge in [-0.1, -0.05) is 0 Å². The Morgan fingerprint density at radius 2 is 1.14 bits per heavy atom. The number of piperidine rings is 1. The van der Waals surface area contributed by atoms with E-state index in [1.807, 2.05) is 4.72 Å². The highest BCUT2D eigenvalue weighted by atomic mass is 32.2. The number of alkyl halides is 6. The molecule has 2 aromatic carbocycles. The average molecular weight is 564 g/mol. The zero-order valence-corrected chi connectivity index (χ0v) is 19.5. The number of hydrogen-bond acceptors (Lipinski definition) is 7. The van der Waals surface area contributed by atoms with Gasteiger partial charge in [-0.05, 0) is 48.5 Å². The molecule has 0 aliphatic carbocycles. The molecule has 17 heteroatoms. The highest BCUT2D eigenvalue weighted by molar-refractivity contribution is 7.89. The van der Waals surface area contributed by atoms with Gasteiger partial charge in [0.1, 0.15) is 17.2 Å². The zero-order valence-electron chi connectivity index (χ0n) is 17.9. The van der Waals surface area contributed by atoms with Crippen molar-refractivity contribution >= 4 is 20.0 Å². The Bertz CT molecular complexity index is 1270. The summed E-state index contributed by atoms with van der Waals surface area (Å²) in [6.07, 6.45) is -10.7. The van der Waals surface area contributed by atoms with Crippen LogP contribution in [0.25, 0.3) is 0 Å². The van der Waals surface area contributed by atoms with Crippen LogP contribution in [0.5, 0.6) is 11.5 Å². The van der Waals surface area contributed by atoms with Crippen molar-refractivity contribution in [2.75, 3.05) is 13.1 Å². The molecule has 0 aromatic heterocycles. The van der Waals surface area contributed by atoms with Crippen LogP contribution in [0.1, 0.15) is 12.8 Å². The Balaban J connectivity index is 1.65. The van der Waals surface area contributed by atoms with Crippen molar-refractivity contribution < 1.29 is 57.8 Å². The summed E-state index contributed by atoms with van der Waals surface area (Å²) in [7, 11) is -8.60. The molecule has 3 rings (SSSR count). The van der Waals surface area contributed by atoms with Gasteiger partial charge in [-0.3, -0.25) is 0 Å². The van der Waals surface area contributed by atoms with E-state index in [-0.39, 0.29) is 18.0 Å². The summed E-state index contributed by atoms with van der Waals surface area (Å²) >= 11 is 0. The fourth-order valence-electron chi connectivity index (χ4n) is 3.29. The minimum Gasteiger partial charge on any atom is -0.406 e. The van der Waals surface area contributed by atoms with Crippen molar-refractivity contribution in [3.63, 3.8) is 0 Å². The molecule has 0 spiro atoms. The summed E-state index contributed by atoms with van der Waals surface area (Å²) in [6, 6.07) is 6.66. The molecule has 1 aliphatic heterocycles. The van der Waals surface area contributed by atoms with Crippen LogP contribution >= 0.6 is 0 Å². The largest absolute Gasteiger partial charge is 0.573 e. The van der Waals surface area contributed by atoms with Crippen LogP contribution in [0.4, 0.5) is 26.3 Å². The Morgan fingerprint density at radius 1 is 0.750 bits per heavy atom. The molecule has 9 nitrogen and oxygen atoms in total. The molecule has 2 aromatic rings. The van der Waals surface area contributed by atoms with Crippen LogP contribution in [0.3, 0.4) is 0 Å². The Hall–Kier alpha value is -2.60. The van der Waals surface area contributed by atoms with Crippen LogP contribution < -0.4 is 14.2 Å². The van der Waals surface area contributed by atoms with E-state index in [0.717, 1.165) is 52.8 Å². The predicted molar refractivity (Wildman–Crippen MR) is 110 cm³/mol. The highest BCUT2D eigenvalue weighted by Gasteiger charge is 2.40. The molecule has 200 valence electrons. The summed E-state index contributed by atoms with van der Waals surface area (Å²) in [5.41, 5.74) is -2.07. The molecular formula is C19H18F6N2O7S2. The fourth-order valence-corrected chi connectivity index (χ4v) is 6.05. The summed E-state index contributed by atoms with van der Waals surface area (Å²) in [6.45, 7) is -0.693. The van der Waals surface area contributed by atoms with Gasteiger partial charge in [0.2, 0.25) is 20.0 Å². The number of nitrogens with zero attached hydrogens (tertiary/aromatic N) is 1. The molecular weight excluding hydrogens is 546 g/mol. The summed E-state index contributed by atoms with van der Waals surface area (Å²) in [4.78, 5) is -0.814. The molecule has 1 saturated heterocycles. The third-order valence-corrected chi connectivity index (χ3v) is 8.39. The molecule has 1 aliphatic rings. The van der Waals surface area contributed by atoms with Gasteiger partial charge in [0.25, 0.3) is 0 Å². The number of rotatable bonds is 7. The Labute approximate surface area is 201 Å². The van der Waals surface area contributed by atoms with Gasteiger partial charge >= 0.3 is 12.7 Å². The normalized spacial score (nSPS) is 17.5. The van der Waals surface area contributed by atoms with Crippen molar-refractivity contribution in [2.24, 2.45) is 0 Å². The molecule has 0 radical (unpaired) electrons. The molecule has 1 heterocycles. The first-order valence-electron chi connectivity index (χ1n) is 9.87. The first-order valence-corrected chi connectivity index (χ1v) is 12.8. The molecule has 0 bridgehead atoms. The number of ether oxygens (including phenoxy) is 2. The van der Waals surface area contributed by atoms with E-state index in [1.165, 1.54) is 0 Å². The molecule has 0 saturated carbocycles. The maximum Gasteiger partial charge on any atom is 0.573 e. The molecule has 36 heavy (non-hydrogen) atoms. The van der Waals surface area contributed by atoms with Crippen LogP contribution in [0, 0.1) is 0 Å². The van der Waals surface area contributed by atoms with E-state index >= 15 is 0 Å². The predicted octanol–water partition coefficient (Wildman–Crippen LogP) is 2.94. The minimum atomic E-state index is -4.97. The van der Waals surface area contributed by atoms with E-state index in [2.05, 4.69) is 9.47 Å². The zero-order chi connectivity index (χ0) is 27.0. The Kier molecular flexibility index (Phi) is 7.54. The lowest BCUT2D eigenvalue weighted by Gasteiger charge is -2.37. The number of sulfonamides is 2. The average Bonchev–Trinajstić information content (AvgIpc) is 2.72. The summed E-state index contributed by atoms with van der Waals surface area (Å²) in [5, 5.41) is 10.7.